The molecule has 3 rings (SSSR count). The van der Waals surface area contributed by atoms with Gasteiger partial charge in [0.1, 0.15) is 30.5 Å². The maximum Gasteiger partial charge on any atom is 0.113 e. The van der Waals surface area contributed by atoms with Crippen LogP contribution < -0.4 is 0 Å². The largest absolute Gasteiger partial charge is 0.388 e. The Morgan fingerprint density at radius 1 is 1.07 bits per heavy atom. The van der Waals surface area contributed by atoms with Crippen molar-refractivity contribution in [2.24, 2.45) is 5.92 Å². The number of rotatable bonds is 7. The van der Waals surface area contributed by atoms with Crippen LogP contribution in [0.1, 0.15) is 49.8 Å². The Hall–Kier alpha value is -0.730. The third kappa shape index (κ3) is 5.50. The Kier molecular flexibility index (Phi) is 8.33. The molecule has 2 aliphatic rings. The highest BCUT2D eigenvalue weighted by atomic mass is 35.5. The van der Waals surface area contributed by atoms with Gasteiger partial charge < -0.3 is 29.5 Å². The minimum atomic E-state index is -1.30. The molecule has 1 aromatic carbocycles. The Labute approximate surface area is 177 Å². The molecular weight excluding hydrogens is 396 g/mol. The molecule has 1 aliphatic heterocycles. The number of aliphatic hydroxyl groups is 3. The first kappa shape index (κ1) is 22.9. The summed E-state index contributed by atoms with van der Waals surface area (Å²) in [6.45, 7) is 2.93. The lowest BCUT2D eigenvalue weighted by Gasteiger charge is -2.40. The van der Waals surface area contributed by atoms with Crippen LogP contribution in [0, 0.1) is 5.92 Å². The third-order valence-electron chi connectivity index (χ3n) is 6.15. The van der Waals surface area contributed by atoms with E-state index in [-0.39, 0.29) is 6.61 Å². The summed E-state index contributed by atoms with van der Waals surface area (Å²) < 4.78 is 16.7. The standard InChI is InChI=1S/C22H33ClO6/c1-3-28-16-7-4-13(5-8-16)10-15-11-14(6-9-17(15)23)22-21(26)20(25)19(24)18(29-22)12-27-2/h6,9,11,13,16,18-22,24-26H,3-5,7-8,10,12H2,1-2H3/t13?,16?,18-,19-,20?,21-,22+/m1/s1. The summed E-state index contributed by atoms with van der Waals surface area (Å²) in [6, 6.07) is 5.58. The molecule has 1 aromatic rings. The van der Waals surface area contributed by atoms with Crippen LogP contribution in [-0.2, 0) is 20.6 Å². The molecule has 1 unspecified atom stereocenters. The number of ether oxygens (including phenoxy) is 3. The second kappa shape index (κ2) is 10.5. The number of hydrogen-bond acceptors (Lipinski definition) is 6. The van der Waals surface area contributed by atoms with Crippen molar-refractivity contribution in [3.05, 3.63) is 34.3 Å². The predicted molar refractivity (Wildman–Crippen MR) is 110 cm³/mol. The maximum atomic E-state index is 10.5. The van der Waals surface area contributed by atoms with E-state index in [0.29, 0.717) is 17.0 Å². The van der Waals surface area contributed by atoms with Crippen molar-refractivity contribution in [2.75, 3.05) is 20.3 Å². The molecule has 164 valence electrons. The molecule has 0 radical (unpaired) electrons. The van der Waals surface area contributed by atoms with Gasteiger partial charge in [0, 0.05) is 18.7 Å². The lowest BCUT2D eigenvalue weighted by atomic mass is 9.82. The van der Waals surface area contributed by atoms with Gasteiger partial charge in [-0.3, -0.25) is 0 Å². The Balaban J connectivity index is 1.71. The van der Waals surface area contributed by atoms with Crippen molar-refractivity contribution in [2.45, 2.75) is 75.7 Å². The van der Waals surface area contributed by atoms with E-state index in [2.05, 4.69) is 0 Å². The van der Waals surface area contributed by atoms with Crippen LogP contribution in [0.2, 0.25) is 5.02 Å². The highest BCUT2D eigenvalue weighted by molar-refractivity contribution is 6.31. The zero-order valence-electron chi connectivity index (χ0n) is 17.2. The van der Waals surface area contributed by atoms with Crippen molar-refractivity contribution in [1.29, 1.82) is 0 Å². The van der Waals surface area contributed by atoms with Crippen LogP contribution in [0.15, 0.2) is 18.2 Å². The molecule has 0 aromatic heterocycles. The summed E-state index contributed by atoms with van der Waals surface area (Å²) in [5, 5.41) is 31.6. The summed E-state index contributed by atoms with van der Waals surface area (Å²) in [5.74, 6) is 0.547. The van der Waals surface area contributed by atoms with Crippen LogP contribution in [0.25, 0.3) is 0 Å². The zero-order chi connectivity index (χ0) is 21.0. The number of benzene rings is 1. The summed E-state index contributed by atoms with van der Waals surface area (Å²) in [6.07, 6.45) is 0.393. The van der Waals surface area contributed by atoms with Crippen molar-refractivity contribution in [3.63, 3.8) is 0 Å². The van der Waals surface area contributed by atoms with E-state index < -0.39 is 30.5 Å². The quantitative estimate of drug-likeness (QED) is 0.618. The topological polar surface area (TPSA) is 88.4 Å². The molecular formula is C22H33ClO6. The first-order valence-corrected chi connectivity index (χ1v) is 10.9. The number of methoxy groups -OCH3 is 1. The molecule has 0 amide bonds. The number of hydrogen-bond donors (Lipinski definition) is 3. The molecule has 3 N–H and O–H groups in total. The van der Waals surface area contributed by atoms with E-state index >= 15 is 0 Å². The fourth-order valence-corrected chi connectivity index (χ4v) is 4.70. The van der Waals surface area contributed by atoms with Gasteiger partial charge in [-0.25, -0.2) is 0 Å². The van der Waals surface area contributed by atoms with Crippen LogP contribution in [0.3, 0.4) is 0 Å². The van der Waals surface area contributed by atoms with Gasteiger partial charge in [-0.15, -0.1) is 0 Å². The van der Waals surface area contributed by atoms with E-state index in [1.54, 1.807) is 6.07 Å². The van der Waals surface area contributed by atoms with Crippen molar-refractivity contribution in [3.8, 4) is 0 Å². The van der Waals surface area contributed by atoms with Gasteiger partial charge in [-0.1, -0.05) is 23.7 Å². The van der Waals surface area contributed by atoms with Crippen molar-refractivity contribution in [1.82, 2.24) is 0 Å². The van der Waals surface area contributed by atoms with Gasteiger partial charge >= 0.3 is 0 Å². The molecule has 1 aliphatic carbocycles. The SMILES string of the molecule is CCOC1CCC(Cc2cc([C@@H]3O[C@H](COC)[C@@H](O)C(O)[C@H]3O)ccc2Cl)CC1. The summed E-state index contributed by atoms with van der Waals surface area (Å²) in [7, 11) is 1.50. The molecule has 7 heteroatoms. The van der Waals surface area contributed by atoms with Gasteiger partial charge in [0.25, 0.3) is 0 Å². The molecule has 6 nitrogen and oxygen atoms in total. The minimum absolute atomic E-state index is 0.130. The van der Waals surface area contributed by atoms with Gasteiger partial charge in [0.2, 0.25) is 0 Å². The van der Waals surface area contributed by atoms with Gasteiger partial charge in [-0.05, 0) is 62.1 Å². The first-order chi connectivity index (χ1) is 13.9. The lowest BCUT2D eigenvalue weighted by Crippen LogP contribution is -2.55. The fraction of sp³-hybridized carbons (Fsp3) is 0.727. The third-order valence-corrected chi connectivity index (χ3v) is 6.52. The van der Waals surface area contributed by atoms with Gasteiger partial charge in [0.15, 0.2) is 0 Å². The Morgan fingerprint density at radius 2 is 1.79 bits per heavy atom. The predicted octanol–water partition coefficient (Wildman–Crippen LogP) is 2.65. The van der Waals surface area contributed by atoms with Crippen molar-refractivity contribution < 1.29 is 29.5 Å². The van der Waals surface area contributed by atoms with Crippen LogP contribution in [0.4, 0.5) is 0 Å². The van der Waals surface area contributed by atoms with Crippen molar-refractivity contribution >= 4 is 11.6 Å². The highest BCUT2D eigenvalue weighted by Gasteiger charge is 2.44. The first-order valence-electron chi connectivity index (χ1n) is 10.5. The molecule has 5 atom stereocenters. The van der Waals surface area contributed by atoms with Gasteiger partial charge in [-0.2, -0.15) is 0 Å². The molecule has 0 bridgehead atoms. The second-order valence-electron chi connectivity index (χ2n) is 8.18. The Bertz CT molecular complexity index is 648. The average molecular weight is 429 g/mol. The normalized spacial score (nSPS) is 35.6. The smallest absolute Gasteiger partial charge is 0.113 e. The van der Waals surface area contributed by atoms with E-state index in [1.165, 1.54) is 7.11 Å². The van der Waals surface area contributed by atoms with Gasteiger partial charge in [0.05, 0.1) is 12.7 Å². The Morgan fingerprint density at radius 3 is 2.45 bits per heavy atom. The molecule has 29 heavy (non-hydrogen) atoms. The average Bonchev–Trinajstić information content (AvgIpc) is 2.72. The van der Waals surface area contributed by atoms with Crippen LogP contribution in [0.5, 0.6) is 0 Å². The van der Waals surface area contributed by atoms with E-state index in [0.717, 1.165) is 49.8 Å². The zero-order valence-corrected chi connectivity index (χ0v) is 17.9. The molecule has 1 heterocycles. The monoisotopic (exact) mass is 428 g/mol. The van der Waals surface area contributed by atoms with E-state index in [4.69, 9.17) is 25.8 Å². The van der Waals surface area contributed by atoms with E-state index in [1.807, 2.05) is 19.1 Å². The maximum absolute atomic E-state index is 10.5. The summed E-state index contributed by atoms with van der Waals surface area (Å²) in [5.41, 5.74) is 1.76. The molecule has 2 fully saturated rings. The second-order valence-corrected chi connectivity index (χ2v) is 8.58. The van der Waals surface area contributed by atoms with E-state index in [9.17, 15) is 15.3 Å². The summed E-state index contributed by atoms with van der Waals surface area (Å²) in [4.78, 5) is 0. The minimum Gasteiger partial charge on any atom is -0.388 e. The fourth-order valence-electron chi connectivity index (χ4n) is 4.51. The summed E-state index contributed by atoms with van der Waals surface area (Å²) >= 11 is 6.46. The lowest BCUT2D eigenvalue weighted by molar-refractivity contribution is -0.233. The molecule has 0 spiro atoms. The highest BCUT2D eigenvalue weighted by Crippen LogP contribution is 2.36. The van der Waals surface area contributed by atoms with Crippen LogP contribution >= 0.6 is 11.6 Å². The molecule has 1 saturated heterocycles. The van der Waals surface area contributed by atoms with Crippen LogP contribution in [-0.4, -0.2) is 66.2 Å². The number of aliphatic hydroxyl groups excluding tert-OH is 3. The number of halogens is 1. The molecule has 1 saturated carbocycles.